The Balaban J connectivity index is 1.26. The number of amides is 3. The number of hydrogen-bond donors (Lipinski definition) is 2. The summed E-state index contributed by atoms with van der Waals surface area (Å²) in [6.07, 6.45) is 10.9. The van der Waals surface area contributed by atoms with Crippen molar-refractivity contribution >= 4 is 23.5 Å². The molecule has 0 bridgehead atoms. The van der Waals surface area contributed by atoms with E-state index in [4.69, 9.17) is 11.6 Å². The number of benzene rings is 1. The van der Waals surface area contributed by atoms with Crippen molar-refractivity contribution in [2.45, 2.75) is 76.3 Å². The fourth-order valence-electron chi connectivity index (χ4n) is 5.14. The molecular formula is C24H34ClN3O2. The first kappa shape index (κ1) is 21.5. The van der Waals surface area contributed by atoms with Gasteiger partial charge in [-0.3, -0.25) is 4.79 Å². The van der Waals surface area contributed by atoms with Crippen molar-refractivity contribution in [3.05, 3.63) is 34.9 Å². The monoisotopic (exact) mass is 431 g/mol. The van der Waals surface area contributed by atoms with Crippen LogP contribution in [0.1, 0.15) is 75.8 Å². The lowest BCUT2D eigenvalue weighted by Crippen LogP contribution is -2.51. The maximum absolute atomic E-state index is 12.7. The number of nitrogens with zero attached hydrogens (tertiary/aromatic N) is 1. The molecule has 5 nitrogen and oxygen atoms in total. The van der Waals surface area contributed by atoms with Crippen LogP contribution < -0.4 is 10.6 Å². The summed E-state index contributed by atoms with van der Waals surface area (Å²) in [6.45, 7) is 1.51. The topological polar surface area (TPSA) is 61.4 Å². The Kier molecular flexibility index (Phi) is 7.19. The van der Waals surface area contributed by atoms with Gasteiger partial charge in [-0.05, 0) is 62.1 Å². The fraction of sp³-hybridized carbons (Fsp3) is 0.667. The van der Waals surface area contributed by atoms with Gasteiger partial charge in [0, 0.05) is 30.1 Å². The minimum Gasteiger partial charge on any atom is -0.342 e. The molecule has 0 aromatic heterocycles. The average Bonchev–Trinajstić information content (AvgIpc) is 2.73. The summed E-state index contributed by atoms with van der Waals surface area (Å²) in [4.78, 5) is 27.5. The van der Waals surface area contributed by atoms with Gasteiger partial charge in [-0.15, -0.1) is 0 Å². The molecule has 1 saturated heterocycles. The maximum Gasteiger partial charge on any atom is 0.315 e. The van der Waals surface area contributed by atoms with Crippen LogP contribution in [0.4, 0.5) is 4.79 Å². The van der Waals surface area contributed by atoms with Gasteiger partial charge in [0.25, 0.3) is 0 Å². The Morgan fingerprint density at radius 3 is 2.17 bits per heavy atom. The van der Waals surface area contributed by atoms with Gasteiger partial charge in [0.05, 0.1) is 6.04 Å². The van der Waals surface area contributed by atoms with Crippen LogP contribution >= 0.6 is 11.6 Å². The zero-order valence-electron chi connectivity index (χ0n) is 17.7. The summed E-state index contributed by atoms with van der Waals surface area (Å²) < 4.78 is 0. The molecule has 164 valence electrons. The number of nitrogens with one attached hydrogen (secondary N) is 2. The van der Waals surface area contributed by atoms with E-state index in [1.807, 2.05) is 29.2 Å². The summed E-state index contributed by atoms with van der Waals surface area (Å²) in [7, 11) is 0. The second kappa shape index (κ2) is 10.0. The van der Waals surface area contributed by atoms with E-state index < -0.39 is 0 Å². The smallest absolute Gasteiger partial charge is 0.315 e. The second-order valence-electron chi connectivity index (χ2n) is 9.27. The molecule has 3 aliphatic rings. The van der Waals surface area contributed by atoms with Crippen LogP contribution in [0.3, 0.4) is 0 Å². The highest BCUT2D eigenvalue weighted by Crippen LogP contribution is 2.38. The van der Waals surface area contributed by atoms with Crippen molar-refractivity contribution in [1.82, 2.24) is 15.5 Å². The highest BCUT2D eigenvalue weighted by Gasteiger charge is 2.32. The van der Waals surface area contributed by atoms with Gasteiger partial charge in [0.1, 0.15) is 0 Å². The number of likely N-dealkylation sites (tertiary alicyclic amines) is 1. The molecule has 3 amide bonds. The molecule has 1 aromatic carbocycles. The summed E-state index contributed by atoms with van der Waals surface area (Å²) >= 11 is 6.03. The number of urea groups is 1. The zero-order chi connectivity index (χ0) is 20.9. The van der Waals surface area contributed by atoms with Crippen LogP contribution in [0.25, 0.3) is 0 Å². The average molecular weight is 432 g/mol. The van der Waals surface area contributed by atoms with Gasteiger partial charge in [0.2, 0.25) is 5.91 Å². The molecular weight excluding hydrogens is 398 g/mol. The minimum absolute atomic E-state index is 0.0315. The van der Waals surface area contributed by atoms with Crippen molar-refractivity contribution in [2.75, 3.05) is 13.1 Å². The quantitative estimate of drug-likeness (QED) is 0.685. The number of piperidine rings is 1. The summed E-state index contributed by atoms with van der Waals surface area (Å²) in [5.74, 6) is 1.06. The molecule has 6 heteroatoms. The molecule has 3 fully saturated rings. The molecule has 0 spiro atoms. The van der Waals surface area contributed by atoms with Crippen molar-refractivity contribution < 1.29 is 9.59 Å². The zero-order valence-corrected chi connectivity index (χ0v) is 18.5. The Morgan fingerprint density at radius 2 is 1.57 bits per heavy atom. The number of carbonyl (C=O) groups excluding carboxylic acids is 2. The van der Waals surface area contributed by atoms with Crippen molar-refractivity contribution in [2.24, 2.45) is 11.8 Å². The highest BCUT2D eigenvalue weighted by atomic mass is 35.5. The standard InChI is InChI=1S/C24H34ClN3O2/c25-20-11-9-18(10-12-20)22(17-7-4-8-17)27-24(30)26-21-13-15-28(16-14-21)23(29)19-5-2-1-3-6-19/h9-12,17,19,21-22H,1-8,13-16H2,(H2,26,27,30). The van der Waals surface area contributed by atoms with E-state index in [0.29, 0.717) is 16.8 Å². The van der Waals surface area contributed by atoms with Crippen LogP contribution in [0, 0.1) is 11.8 Å². The molecule has 30 heavy (non-hydrogen) atoms. The molecule has 1 aromatic rings. The van der Waals surface area contributed by atoms with Gasteiger partial charge >= 0.3 is 6.03 Å². The van der Waals surface area contributed by atoms with E-state index in [-0.39, 0.29) is 24.0 Å². The lowest BCUT2D eigenvalue weighted by atomic mass is 9.77. The molecule has 0 radical (unpaired) electrons. The summed E-state index contributed by atoms with van der Waals surface area (Å²) in [5, 5.41) is 7.09. The predicted molar refractivity (Wildman–Crippen MR) is 119 cm³/mol. The van der Waals surface area contributed by atoms with Crippen molar-refractivity contribution in [1.29, 1.82) is 0 Å². The number of rotatable bonds is 5. The predicted octanol–water partition coefficient (Wildman–Crippen LogP) is 5.05. The normalized spacial score (nSPS) is 22.2. The van der Waals surface area contributed by atoms with Gasteiger partial charge in [0.15, 0.2) is 0 Å². The Labute approximate surface area is 184 Å². The minimum atomic E-state index is -0.0982. The van der Waals surface area contributed by atoms with Gasteiger partial charge in [-0.2, -0.15) is 0 Å². The van der Waals surface area contributed by atoms with Gasteiger partial charge in [-0.25, -0.2) is 4.79 Å². The first-order valence-electron chi connectivity index (χ1n) is 11.7. The van der Waals surface area contributed by atoms with E-state index in [9.17, 15) is 9.59 Å². The van der Waals surface area contributed by atoms with Crippen LogP contribution in [-0.2, 0) is 4.79 Å². The van der Waals surface area contributed by atoms with Crippen molar-refractivity contribution in [3.63, 3.8) is 0 Å². The lowest BCUT2D eigenvalue weighted by molar-refractivity contribution is -0.137. The largest absolute Gasteiger partial charge is 0.342 e. The number of hydrogen-bond acceptors (Lipinski definition) is 2. The highest BCUT2D eigenvalue weighted by molar-refractivity contribution is 6.30. The second-order valence-corrected chi connectivity index (χ2v) is 9.71. The van der Waals surface area contributed by atoms with E-state index in [2.05, 4.69) is 10.6 Å². The van der Waals surface area contributed by atoms with E-state index in [0.717, 1.165) is 57.2 Å². The van der Waals surface area contributed by atoms with Crippen LogP contribution in [0.15, 0.2) is 24.3 Å². The van der Waals surface area contributed by atoms with Crippen LogP contribution in [0.5, 0.6) is 0 Å². The third-order valence-electron chi connectivity index (χ3n) is 7.23. The maximum atomic E-state index is 12.7. The van der Waals surface area contributed by atoms with E-state index in [1.54, 1.807) is 0 Å². The third kappa shape index (κ3) is 5.29. The molecule has 1 atom stereocenters. The van der Waals surface area contributed by atoms with Gasteiger partial charge < -0.3 is 15.5 Å². The summed E-state index contributed by atoms with van der Waals surface area (Å²) in [6, 6.07) is 7.88. The van der Waals surface area contributed by atoms with Crippen LogP contribution in [-0.4, -0.2) is 36.0 Å². The molecule has 1 heterocycles. The Hall–Kier alpha value is -1.75. The molecule has 1 aliphatic heterocycles. The third-order valence-corrected chi connectivity index (χ3v) is 7.49. The van der Waals surface area contributed by atoms with E-state index >= 15 is 0 Å². The molecule has 2 saturated carbocycles. The fourth-order valence-corrected chi connectivity index (χ4v) is 5.26. The molecule has 1 unspecified atom stereocenters. The van der Waals surface area contributed by atoms with Crippen LogP contribution in [0.2, 0.25) is 5.02 Å². The summed E-state index contributed by atoms with van der Waals surface area (Å²) in [5.41, 5.74) is 1.12. The van der Waals surface area contributed by atoms with E-state index in [1.165, 1.54) is 25.7 Å². The van der Waals surface area contributed by atoms with Crippen molar-refractivity contribution in [3.8, 4) is 0 Å². The Bertz CT molecular complexity index is 720. The van der Waals surface area contributed by atoms with Gasteiger partial charge in [-0.1, -0.05) is 49.4 Å². The Morgan fingerprint density at radius 1 is 0.900 bits per heavy atom. The first-order chi connectivity index (χ1) is 14.6. The first-order valence-corrected chi connectivity index (χ1v) is 12.1. The lowest BCUT2D eigenvalue weighted by Gasteiger charge is -2.37. The molecule has 4 rings (SSSR count). The number of carbonyl (C=O) groups is 2. The number of halogens is 1. The molecule has 2 aliphatic carbocycles. The SMILES string of the molecule is O=C(NC1CCN(C(=O)C2CCCCC2)CC1)NC(c1ccc(Cl)cc1)C1CCC1. The molecule has 2 N–H and O–H groups in total.